The Morgan fingerprint density at radius 3 is 2.79 bits per heavy atom. The van der Waals surface area contributed by atoms with Crippen molar-refractivity contribution in [1.29, 1.82) is 0 Å². The van der Waals surface area contributed by atoms with Crippen LogP contribution in [0, 0.1) is 12.3 Å². The number of benzene rings is 2. The third-order valence-electron chi connectivity index (χ3n) is 3.49. The van der Waals surface area contributed by atoms with Gasteiger partial charge in [-0.05, 0) is 30.3 Å². The fourth-order valence-electron chi connectivity index (χ4n) is 2.32. The van der Waals surface area contributed by atoms with Crippen molar-refractivity contribution in [3.05, 3.63) is 52.7 Å². The smallest absolute Gasteiger partial charge is 0.193 e. The third kappa shape index (κ3) is 2.90. The summed E-state index contributed by atoms with van der Waals surface area (Å²) in [5.41, 5.74) is 0.819. The van der Waals surface area contributed by atoms with Gasteiger partial charge in [0, 0.05) is 17.7 Å². The average Bonchev–Trinajstić information content (AvgIpc) is 2.60. The van der Waals surface area contributed by atoms with E-state index >= 15 is 0 Å². The zero-order chi connectivity index (χ0) is 17.1. The molecule has 1 N–H and O–H groups in total. The van der Waals surface area contributed by atoms with Gasteiger partial charge < -0.3 is 19.0 Å². The summed E-state index contributed by atoms with van der Waals surface area (Å²) in [6, 6.07) is 11.0. The second-order valence-electron chi connectivity index (χ2n) is 5.01. The fourth-order valence-corrected chi connectivity index (χ4v) is 2.32. The Morgan fingerprint density at radius 1 is 1.21 bits per heavy atom. The maximum Gasteiger partial charge on any atom is 0.193 e. The van der Waals surface area contributed by atoms with Crippen molar-refractivity contribution in [3.63, 3.8) is 0 Å². The topological polar surface area (TPSA) is 68.9 Å². The largest absolute Gasteiger partial charge is 0.504 e. The first kappa shape index (κ1) is 15.5. The highest BCUT2D eigenvalue weighted by atomic mass is 16.5. The number of rotatable bonds is 4. The molecule has 0 aliphatic heterocycles. The van der Waals surface area contributed by atoms with Crippen LogP contribution in [0.4, 0.5) is 0 Å². The summed E-state index contributed by atoms with van der Waals surface area (Å²) in [5.74, 6) is 3.56. The Kier molecular flexibility index (Phi) is 4.13. The molecule has 120 valence electrons. The number of hydrogen-bond acceptors (Lipinski definition) is 5. The number of ether oxygens (including phenoxy) is 2. The first-order chi connectivity index (χ1) is 11.6. The van der Waals surface area contributed by atoms with Gasteiger partial charge in [-0.2, -0.15) is 0 Å². The molecule has 0 bridgehead atoms. The number of hydrogen-bond donors (Lipinski definition) is 1. The molecule has 0 atom stereocenters. The molecule has 0 unspecified atom stereocenters. The molecule has 0 spiro atoms. The molecule has 5 nitrogen and oxygen atoms in total. The van der Waals surface area contributed by atoms with Gasteiger partial charge in [0.2, 0.25) is 0 Å². The molecule has 3 rings (SSSR count). The van der Waals surface area contributed by atoms with E-state index in [1.807, 2.05) is 0 Å². The number of phenolic OH excluding ortho intramolecular Hbond substituents is 1. The molecule has 2 aromatic carbocycles. The highest BCUT2D eigenvalue weighted by Gasteiger charge is 2.10. The second kappa shape index (κ2) is 6.39. The van der Waals surface area contributed by atoms with Crippen LogP contribution in [-0.4, -0.2) is 18.8 Å². The van der Waals surface area contributed by atoms with E-state index in [1.165, 1.54) is 19.2 Å². The van der Waals surface area contributed by atoms with Gasteiger partial charge in [-0.1, -0.05) is 5.92 Å². The maximum absolute atomic E-state index is 12.3. The Bertz CT molecular complexity index is 995. The van der Waals surface area contributed by atoms with Gasteiger partial charge in [-0.25, -0.2) is 0 Å². The molecule has 0 fully saturated rings. The Balaban J connectivity index is 2.12. The van der Waals surface area contributed by atoms with Crippen LogP contribution in [0.2, 0.25) is 0 Å². The van der Waals surface area contributed by atoms with E-state index in [-0.39, 0.29) is 17.8 Å². The average molecular weight is 322 g/mol. The van der Waals surface area contributed by atoms with Crippen LogP contribution in [0.25, 0.3) is 22.3 Å². The number of fused-ring (bicyclic) bond motifs is 1. The summed E-state index contributed by atoms with van der Waals surface area (Å²) in [5, 5.41) is 10.1. The van der Waals surface area contributed by atoms with Gasteiger partial charge in [-0.3, -0.25) is 4.79 Å². The molecular formula is C19H14O5. The summed E-state index contributed by atoms with van der Waals surface area (Å²) in [6.07, 6.45) is 5.17. The van der Waals surface area contributed by atoms with Gasteiger partial charge in [0.15, 0.2) is 16.9 Å². The molecule has 1 aromatic heterocycles. The van der Waals surface area contributed by atoms with Gasteiger partial charge in [0.1, 0.15) is 23.7 Å². The van der Waals surface area contributed by atoms with E-state index in [9.17, 15) is 9.90 Å². The molecular weight excluding hydrogens is 308 g/mol. The van der Waals surface area contributed by atoms with Crippen LogP contribution < -0.4 is 14.9 Å². The third-order valence-corrected chi connectivity index (χ3v) is 3.49. The molecule has 1 heterocycles. The molecule has 0 amide bonds. The van der Waals surface area contributed by atoms with Crippen molar-refractivity contribution in [2.24, 2.45) is 0 Å². The van der Waals surface area contributed by atoms with Crippen LogP contribution in [-0.2, 0) is 0 Å². The highest BCUT2D eigenvalue weighted by molar-refractivity contribution is 5.80. The summed E-state index contributed by atoms with van der Waals surface area (Å²) >= 11 is 0. The van der Waals surface area contributed by atoms with Crippen molar-refractivity contribution in [3.8, 4) is 40.9 Å². The van der Waals surface area contributed by atoms with E-state index in [0.717, 1.165) is 0 Å². The summed E-state index contributed by atoms with van der Waals surface area (Å²) in [7, 11) is 1.45. The second-order valence-corrected chi connectivity index (χ2v) is 5.01. The van der Waals surface area contributed by atoms with E-state index in [4.69, 9.17) is 20.3 Å². The molecule has 0 radical (unpaired) electrons. The van der Waals surface area contributed by atoms with E-state index in [0.29, 0.717) is 33.8 Å². The Labute approximate surface area is 138 Å². The van der Waals surface area contributed by atoms with Crippen molar-refractivity contribution in [2.45, 2.75) is 0 Å². The molecule has 3 aromatic rings. The minimum absolute atomic E-state index is 0.00866. The van der Waals surface area contributed by atoms with Gasteiger partial charge in [0.25, 0.3) is 0 Å². The first-order valence-electron chi connectivity index (χ1n) is 7.14. The molecule has 0 aliphatic carbocycles. The Morgan fingerprint density at radius 2 is 2.04 bits per heavy atom. The van der Waals surface area contributed by atoms with Crippen LogP contribution in [0.15, 0.2) is 51.7 Å². The predicted molar refractivity (Wildman–Crippen MR) is 90.5 cm³/mol. The minimum atomic E-state index is -0.179. The first-order valence-corrected chi connectivity index (χ1v) is 7.14. The van der Waals surface area contributed by atoms with Gasteiger partial charge in [-0.15, -0.1) is 6.42 Å². The fraction of sp³-hybridized carbons (Fsp3) is 0.105. The maximum atomic E-state index is 12.3. The van der Waals surface area contributed by atoms with E-state index in [1.54, 1.807) is 30.3 Å². The van der Waals surface area contributed by atoms with Crippen LogP contribution in [0.3, 0.4) is 0 Å². The molecule has 24 heavy (non-hydrogen) atoms. The molecule has 0 saturated heterocycles. The quantitative estimate of drug-likeness (QED) is 0.747. The lowest BCUT2D eigenvalue weighted by molar-refractivity contribution is 0.370. The normalized spacial score (nSPS) is 10.3. The Hall–Kier alpha value is -3.39. The summed E-state index contributed by atoms with van der Waals surface area (Å²) in [6.45, 7) is 0.130. The van der Waals surface area contributed by atoms with Crippen molar-refractivity contribution >= 4 is 11.0 Å². The lowest BCUT2D eigenvalue weighted by Gasteiger charge is -2.08. The van der Waals surface area contributed by atoms with Crippen molar-refractivity contribution in [2.75, 3.05) is 13.7 Å². The molecule has 0 saturated carbocycles. The monoisotopic (exact) mass is 322 g/mol. The predicted octanol–water partition coefficient (Wildman–Crippen LogP) is 3.19. The SMILES string of the molecule is C#CCOc1ccc2c(=O)cc(-c3ccc(O)c(OC)c3)oc2c1. The zero-order valence-electron chi connectivity index (χ0n) is 12.9. The highest BCUT2D eigenvalue weighted by Crippen LogP contribution is 2.32. The van der Waals surface area contributed by atoms with Crippen LogP contribution in [0.1, 0.15) is 0 Å². The van der Waals surface area contributed by atoms with Crippen molar-refractivity contribution < 1.29 is 19.0 Å². The van der Waals surface area contributed by atoms with Gasteiger partial charge >= 0.3 is 0 Å². The summed E-state index contributed by atoms with van der Waals surface area (Å²) in [4.78, 5) is 12.3. The number of terminal acetylenes is 1. The zero-order valence-corrected chi connectivity index (χ0v) is 12.9. The summed E-state index contributed by atoms with van der Waals surface area (Å²) < 4.78 is 16.2. The van der Waals surface area contributed by atoms with Gasteiger partial charge in [0.05, 0.1) is 12.5 Å². The standard InChI is InChI=1S/C19H14O5/c1-3-8-23-13-5-6-14-16(21)11-17(24-18(14)10-13)12-4-7-15(20)19(9-12)22-2/h1,4-7,9-11,20H,8H2,2H3. The number of phenols is 1. The lowest BCUT2D eigenvalue weighted by atomic mass is 10.1. The molecule has 5 heteroatoms. The van der Waals surface area contributed by atoms with E-state index < -0.39 is 0 Å². The van der Waals surface area contributed by atoms with Crippen LogP contribution in [0.5, 0.6) is 17.2 Å². The van der Waals surface area contributed by atoms with E-state index in [2.05, 4.69) is 5.92 Å². The number of methoxy groups -OCH3 is 1. The van der Waals surface area contributed by atoms with Crippen molar-refractivity contribution in [1.82, 2.24) is 0 Å². The lowest BCUT2D eigenvalue weighted by Crippen LogP contribution is -2.01. The molecule has 0 aliphatic rings. The number of aromatic hydroxyl groups is 1. The van der Waals surface area contributed by atoms with Crippen LogP contribution >= 0.6 is 0 Å². The minimum Gasteiger partial charge on any atom is -0.504 e.